The lowest BCUT2D eigenvalue weighted by Crippen LogP contribution is -2.33. The van der Waals surface area contributed by atoms with Gasteiger partial charge >= 0.3 is 0 Å². The predicted octanol–water partition coefficient (Wildman–Crippen LogP) is 1.45. The highest BCUT2D eigenvalue weighted by molar-refractivity contribution is 5.20. The molecule has 1 aromatic carbocycles. The number of nitrogens with two attached hydrogens (primary N) is 1. The van der Waals surface area contributed by atoms with Crippen molar-refractivity contribution in [2.24, 2.45) is 5.73 Å². The van der Waals surface area contributed by atoms with Gasteiger partial charge in [0.05, 0.1) is 6.10 Å². The Labute approximate surface area is 95.8 Å². The van der Waals surface area contributed by atoms with Crippen molar-refractivity contribution in [2.75, 3.05) is 20.2 Å². The molecule has 16 heavy (non-hydrogen) atoms. The van der Waals surface area contributed by atoms with Gasteiger partial charge < -0.3 is 15.8 Å². The highest BCUT2D eigenvalue weighted by Gasteiger charge is 2.10. The first-order valence-corrected chi connectivity index (χ1v) is 5.39. The summed E-state index contributed by atoms with van der Waals surface area (Å²) in [6.07, 6.45) is 0.134. The summed E-state index contributed by atoms with van der Waals surface area (Å²) in [6, 6.07) is 6.42. The Hall–Kier alpha value is -0.970. The Bertz CT molecular complexity index is 302. The molecular formula is C12H19FN2O. The lowest BCUT2D eigenvalue weighted by Gasteiger charge is -2.19. The molecule has 0 fully saturated rings. The summed E-state index contributed by atoms with van der Waals surface area (Å²) in [4.78, 5) is 0. The molecule has 0 heterocycles. The summed E-state index contributed by atoms with van der Waals surface area (Å²) < 4.78 is 17.9. The molecule has 0 aliphatic carbocycles. The Morgan fingerprint density at radius 3 is 2.50 bits per heavy atom. The molecule has 3 N–H and O–H groups in total. The third kappa shape index (κ3) is 3.89. The van der Waals surface area contributed by atoms with Crippen molar-refractivity contribution in [3.8, 4) is 0 Å². The van der Waals surface area contributed by atoms with Crippen molar-refractivity contribution < 1.29 is 9.13 Å². The zero-order valence-electron chi connectivity index (χ0n) is 9.74. The van der Waals surface area contributed by atoms with Crippen LogP contribution >= 0.6 is 0 Å². The van der Waals surface area contributed by atoms with Crippen LogP contribution in [0.3, 0.4) is 0 Å². The second-order valence-corrected chi connectivity index (χ2v) is 3.79. The van der Waals surface area contributed by atoms with Crippen LogP contribution in [0.4, 0.5) is 4.39 Å². The van der Waals surface area contributed by atoms with E-state index < -0.39 is 0 Å². The maximum Gasteiger partial charge on any atom is 0.123 e. The fraction of sp³-hybridized carbons (Fsp3) is 0.500. The molecule has 90 valence electrons. The number of halogens is 1. The Morgan fingerprint density at radius 1 is 1.38 bits per heavy atom. The SMILES string of the molecule is COC(C)CNC(CN)c1ccc(F)cc1. The number of benzene rings is 1. The van der Waals surface area contributed by atoms with E-state index >= 15 is 0 Å². The van der Waals surface area contributed by atoms with Gasteiger partial charge in [-0.3, -0.25) is 0 Å². The third-order valence-corrected chi connectivity index (χ3v) is 2.56. The fourth-order valence-electron chi connectivity index (χ4n) is 1.42. The summed E-state index contributed by atoms with van der Waals surface area (Å²) in [5.41, 5.74) is 6.67. The van der Waals surface area contributed by atoms with Crippen LogP contribution < -0.4 is 11.1 Å². The molecule has 2 atom stereocenters. The van der Waals surface area contributed by atoms with Crippen molar-refractivity contribution in [1.82, 2.24) is 5.32 Å². The fourth-order valence-corrected chi connectivity index (χ4v) is 1.42. The lowest BCUT2D eigenvalue weighted by atomic mass is 10.1. The van der Waals surface area contributed by atoms with Crippen molar-refractivity contribution in [1.29, 1.82) is 0 Å². The number of methoxy groups -OCH3 is 1. The Morgan fingerprint density at radius 2 is 2.00 bits per heavy atom. The first-order valence-electron chi connectivity index (χ1n) is 5.39. The van der Waals surface area contributed by atoms with Crippen LogP contribution in [-0.4, -0.2) is 26.3 Å². The van der Waals surface area contributed by atoms with Gasteiger partial charge in [-0.2, -0.15) is 0 Å². The highest BCUT2D eigenvalue weighted by atomic mass is 19.1. The summed E-state index contributed by atoms with van der Waals surface area (Å²) in [6.45, 7) is 3.17. The number of ether oxygens (including phenoxy) is 1. The molecule has 0 amide bonds. The largest absolute Gasteiger partial charge is 0.380 e. The maximum absolute atomic E-state index is 12.8. The molecule has 1 aromatic rings. The lowest BCUT2D eigenvalue weighted by molar-refractivity contribution is 0.114. The molecule has 0 bridgehead atoms. The molecule has 0 aromatic heterocycles. The smallest absolute Gasteiger partial charge is 0.123 e. The maximum atomic E-state index is 12.8. The predicted molar refractivity (Wildman–Crippen MR) is 62.7 cm³/mol. The molecular weight excluding hydrogens is 207 g/mol. The number of rotatable bonds is 6. The Kier molecular flexibility index (Phi) is 5.38. The van der Waals surface area contributed by atoms with Crippen LogP contribution in [0.5, 0.6) is 0 Å². The van der Waals surface area contributed by atoms with Gasteiger partial charge in [0.15, 0.2) is 0 Å². The van der Waals surface area contributed by atoms with Crippen LogP contribution in [0.2, 0.25) is 0 Å². The van der Waals surface area contributed by atoms with Gasteiger partial charge in [0, 0.05) is 26.2 Å². The molecule has 1 rings (SSSR count). The first kappa shape index (κ1) is 13.1. The van der Waals surface area contributed by atoms with E-state index in [0.29, 0.717) is 6.54 Å². The molecule has 0 radical (unpaired) electrons. The van der Waals surface area contributed by atoms with Gasteiger partial charge in [-0.25, -0.2) is 4.39 Å². The second-order valence-electron chi connectivity index (χ2n) is 3.79. The van der Waals surface area contributed by atoms with Gasteiger partial charge in [-0.1, -0.05) is 12.1 Å². The molecule has 0 saturated carbocycles. The van der Waals surface area contributed by atoms with E-state index in [1.165, 1.54) is 12.1 Å². The highest BCUT2D eigenvalue weighted by Crippen LogP contribution is 2.12. The van der Waals surface area contributed by atoms with Crippen molar-refractivity contribution in [3.63, 3.8) is 0 Å². The van der Waals surface area contributed by atoms with E-state index in [-0.39, 0.29) is 18.0 Å². The van der Waals surface area contributed by atoms with E-state index in [9.17, 15) is 4.39 Å². The van der Waals surface area contributed by atoms with E-state index in [4.69, 9.17) is 10.5 Å². The molecule has 4 heteroatoms. The van der Waals surface area contributed by atoms with Gasteiger partial charge in [-0.05, 0) is 24.6 Å². The summed E-state index contributed by atoms with van der Waals surface area (Å²) in [7, 11) is 1.67. The molecule has 2 unspecified atom stereocenters. The molecule has 3 nitrogen and oxygen atoms in total. The van der Waals surface area contributed by atoms with Crippen LogP contribution in [0.15, 0.2) is 24.3 Å². The molecule has 0 aliphatic rings. The van der Waals surface area contributed by atoms with Crippen molar-refractivity contribution in [2.45, 2.75) is 19.1 Å². The number of nitrogens with one attached hydrogen (secondary N) is 1. The Balaban J connectivity index is 2.57. The molecule has 0 saturated heterocycles. The third-order valence-electron chi connectivity index (χ3n) is 2.56. The van der Waals surface area contributed by atoms with E-state index in [1.54, 1.807) is 19.2 Å². The number of hydrogen-bond acceptors (Lipinski definition) is 3. The quantitative estimate of drug-likeness (QED) is 0.772. The van der Waals surface area contributed by atoms with Crippen molar-refractivity contribution >= 4 is 0 Å². The summed E-state index contributed by atoms with van der Waals surface area (Å²) in [5.74, 6) is -0.232. The van der Waals surface area contributed by atoms with Gasteiger partial charge in [0.25, 0.3) is 0 Å². The van der Waals surface area contributed by atoms with Crippen LogP contribution in [0, 0.1) is 5.82 Å². The molecule has 0 aliphatic heterocycles. The molecule has 0 spiro atoms. The van der Waals surface area contributed by atoms with E-state index in [1.807, 2.05) is 6.92 Å². The van der Waals surface area contributed by atoms with E-state index in [0.717, 1.165) is 12.1 Å². The van der Waals surface area contributed by atoms with E-state index in [2.05, 4.69) is 5.32 Å². The average molecular weight is 226 g/mol. The average Bonchev–Trinajstić information content (AvgIpc) is 2.31. The van der Waals surface area contributed by atoms with Gasteiger partial charge in [0.2, 0.25) is 0 Å². The van der Waals surface area contributed by atoms with Crippen molar-refractivity contribution in [3.05, 3.63) is 35.6 Å². The summed E-state index contributed by atoms with van der Waals surface area (Å²) >= 11 is 0. The topological polar surface area (TPSA) is 47.3 Å². The standard InChI is InChI=1S/C12H19FN2O/c1-9(16-2)8-15-12(7-14)10-3-5-11(13)6-4-10/h3-6,9,12,15H,7-8,14H2,1-2H3. The second kappa shape index (κ2) is 6.58. The first-order chi connectivity index (χ1) is 7.67. The monoisotopic (exact) mass is 226 g/mol. The van der Waals surface area contributed by atoms with Gasteiger partial charge in [-0.15, -0.1) is 0 Å². The minimum atomic E-state index is -0.232. The summed E-state index contributed by atoms with van der Waals surface area (Å²) in [5, 5.41) is 3.28. The van der Waals surface area contributed by atoms with Crippen LogP contribution in [0.1, 0.15) is 18.5 Å². The zero-order valence-corrected chi connectivity index (χ0v) is 9.74. The van der Waals surface area contributed by atoms with Crippen LogP contribution in [-0.2, 0) is 4.74 Å². The minimum Gasteiger partial charge on any atom is -0.380 e. The van der Waals surface area contributed by atoms with Gasteiger partial charge in [0.1, 0.15) is 5.82 Å². The number of hydrogen-bond donors (Lipinski definition) is 2. The zero-order chi connectivity index (χ0) is 12.0. The normalized spacial score (nSPS) is 14.8. The minimum absolute atomic E-state index is 0.0400. The van der Waals surface area contributed by atoms with Crippen LogP contribution in [0.25, 0.3) is 0 Å².